The normalized spacial score (nSPS) is 13.7. The Hall–Kier alpha value is -4.45. The van der Waals surface area contributed by atoms with E-state index < -0.39 is 24.1 Å². The number of hydrogen-bond acceptors (Lipinski definition) is 5. The van der Waals surface area contributed by atoms with Crippen LogP contribution in [0, 0.1) is 5.82 Å². The molecule has 0 saturated carbocycles. The van der Waals surface area contributed by atoms with E-state index in [-0.39, 0.29) is 23.7 Å². The first-order valence-electron chi connectivity index (χ1n) is 12.1. The van der Waals surface area contributed by atoms with Crippen LogP contribution < -0.4 is 15.8 Å². The molecule has 1 fully saturated rings. The van der Waals surface area contributed by atoms with Gasteiger partial charge in [-0.2, -0.15) is 8.78 Å². The summed E-state index contributed by atoms with van der Waals surface area (Å²) in [7, 11) is 1.98. The third-order valence-electron chi connectivity index (χ3n) is 6.30. The molecule has 0 atom stereocenters. The van der Waals surface area contributed by atoms with Crippen molar-refractivity contribution in [1.29, 1.82) is 0 Å². The van der Waals surface area contributed by atoms with Gasteiger partial charge in [-0.05, 0) is 42.9 Å². The number of benzene rings is 2. The molecule has 0 spiro atoms. The van der Waals surface area contributed by atoms with Crippen molar-refractivity contribution in [3.63, 3.8) is 0 Å². The molecule has 1 saturated heterocycles. The molecule has 0 aliphatic carbocycles. The molecule has 204 valence electrons. The van der Waals surface area contributed by atoms with Gasteiger partial charge >= 0.3 is 18.4 Å². The van der Waals surface area contributed by atoms with Crippen LogP contribution in [0.25, 0.3) is 11.1 Å². The molecule has 39 heavy (non-hydrogen) atoms. The standard InChI is InChI=1S/C27H27F3N6O3/c1-34-10-12-35(13-11-34)27(39)36(22-6-2-4-18(14-22)20-5-3-9-31-16-20)17-21-8-7-19(15-23(21)28)25(37)32-33-26(38)24(29)30/h2-9,14-16,24H,10-13,17H2,1H3,(H,32,37)(H,33,38). The molecule has 3 aromatic rings. The van der Waals surface area contributed by atoms with Crippen molar-refractivity contribution in [2.75, 3.05) is 38.1 Å². The molecule has 1 aliphatic heterocycles. The molecule has 4 amide bonds. The molecule has 1 aromatic heterocycles. The highest BCUT2D eigenvalue weighted by Crippen LogP contribution is 2.27. The fourth-order valence-electron chi connectivity index (χ4n) is 4.06. The van der Waals surface area contributed by atoms with Crippen molar-refractivity contribution in [1.82, 2.24) is 25.6 Å². The van der Waals surface area contributed by atoms with E-state index in [1.54, 1.807) is 40.9 Å². The van der Waals surface area contributed by atoms with Crippen LogP contribution >= 0.6 is 0 Å². The maximum atomic E-state index is 15.2. The fraction of sp³-hybridized carbons (Fsp3) is 0.259. The van der Waals surface area contributed by atoms with Gasteiger partial charge in [0, 0.05) is 61.0 Å². The predicted octanol–water partition coefficient (Wildman–Crippen LogP) is 3.29. The third kappa shape index (κ3) is 6.90. The van der Waals surface area contributed by atoms with Crippen molar-refractivity contribution in [3.8, 4) is 11.1 Å². The number of alkyl halides is 2. The molecule has 0 unspecified atom stereocenters. The van der Waals surface area contributed by atoms with Gasteiger partial charge in [0.05, 0.1) is 6.54 Å². The van der Waals surface area contributed by atoms with Gasteiger partial charge < -0.3 is 9.80 Å². The average molecular weight is 541 g/mol. The summed E-state index contributed by atoms with van der Waals surface area (Å²) in [5.74, 6) is -3.43. The lowest BCUT2D eigenvalue weighted by molar-refractivity contribution is -0.132. The zero-order chi connectivity index (χ0) is 27.9. The number of likely N-dealkylation sites (N-methyl/N-ethyl adjacent to an activating group) is 1. The number of carbonyl (C=O) groups is 3. The molecular weight excluding hydrogens is 513 g/mol. The van der Waals surface area contributed by atoms with E-state index in [0.29, 0.717) is 31.9 Å². The molecule has 9 nitrogen and oxygen atoms in total. The number of rotatable bonds is 6. The summed E-state index contributed by atoms with van der Waals surface area (Å²) in [4.78, 5) is 46.3. The molecule has 1 aliphatic rings. The smallest absolute Gasteiger partial charge is 0.322 e. The number of piperazine rings is 1. The van der Waals surface area contributed by atoms with Gasteiger partial charge in [0.2, 0.25) is 0 Å². The van der Waals surface area contributed by atoms with Crippen molar-refractivity contribution in [3.05, 3.63) is 83.9 Å². The van der Waals surface area contributed by atoms with Crippen LogP contribution in [-0.2, 0) is 11.3 Å². The van der Waals surface area contributed by atoms with Crippen LogP contribution in [0.3, 0.4) is 0 Å². The van der Waals surface area contributed by atoms with E-state index in [2.05, 4.69) is 9.88 Å². The lowest BCUT2D eigenvalue weighted by Crippen LogP contribution is -2.52. The highest BCUT2D eigenvalue weighted by Gasteiger charge is 2.27. The van der Waals surface area contributed by atoms with E-state index in [4.69, 9.17) is 0 Å². The van der Waals surface area contributed by atoms with E-state index >= 15 is 4.39 Å². The Labute approximate surface area is 223 Å². The summed E-state index contributed by atoms with van der Waals surface area (Å²) in [6, 6.07) is 14.2. The zero-order valence-corrected chi connectivity index (χ0v) is 21.1. The first kappa shape index (κ1) is 27.6. The van der Waals surface area contributed by atoms with E-state index in [1.807, 2.05) is 30.7 Å². The first-order valence-corrected chi connectivity index (χ1v) is 12.1. The molecule has 0 bridgehead atoms. The Kier molecular flexibility index (Phi) is 8.77. The quantitative estimate of drug-likeness (QED) is 0.468. The monoisotopic (exact) mass is 540 g/mol. The van der Waals surface area contributed by atoms with Crippen LogP contribution in [0.5, 0.6) is 0 Å². The average Bonchev–Trinajstić information content (AvgIpc) is 2.95. The summed E-state index contributed by atoms with van der Waals surface area (Å²) in [5, 5.41) is 0. The lowest BCUT2D eigenvalue weighted by atomic mass is 10.1. The number of halogens is 3. The Morgan fingerprint density at radius 2 is 1.72 bits per heavy atom. The zero-order valence-electron chi connectivity index (χ0n) is 21.1. The summed E-state index contributed by atoms with van der Waals surface area (Å²) >= 11 is 0. The molecular formula is C27H27F3N6O3. The number of aromatic nitrogens is 1. The SMILES string of the molecule is CN1CCN(C(=O)N(Cc2ccc(C(=O)NNC(=O)C(F)F)cc2F)c2cccc(-c3cccnc3)c2)CC1. The summed E-state index contributed by atoms with van der Waals surface area (Å²) in [6.07, 6.45) is 0.0550. The van der Waals surface area contributed by atoms with Gasteiger partial charge in [0.1, 0.15) is 5.82 Å². The van der Waals surface area contributed by atoms with Gasteiger partial charge in [-0.3, -0.25) is 30.3 Å². The number of hydrogen-bond donors (Lipinski definition) is 2. The molecule has 2 heterocycles. The van der Waals surface area contributed by atoms with E-state index in [9.17, 15) is 23.2 Å². The minimum absolute atomic E-state index is 0.127. The molecule has 2 N–H and O–H groups in total. The molecule has 0 radical (unpaired) electrons. The van der Waals surface area contributed by atoms with Crippen LogP contribution in [0.1, 0.15) is 15.9 Å². The van der Waals surface area contributed by atoms with E-state index in [0.717, 1.165) is 17.2 Å². The van der Waals surface area contributed by atoms with Crippen LogP contribution in [0.4, 0.5) is 23.7 Å². The van der Waals surface area contributed by atoms with E-state index in [1.165, 1.54) is 17.0 Å². The fourth-order valence-corrected chi connectivity index (χ4v) is 4.06. The van der Waals surface area contributed by atoms with Gasteiger partial charge in [0.15, 0.2) is 0 Å². The van der Waals surface area contributed by atoms with Crippen molar-refractivity contribution in [2.45, 2.75) is 13.0 Å². The van der Waals surface area contributed by atoms with Crippen molar-refractivity contribution < 1.29 is 27.6 Å². The minimum Gasteiger partial charge on any atom is -0.322 e. The number of anilines is 1. The first-order chi connectivity index (χ1) is 18.7. The summed E-state index contributed by atoms with van der Waals surface area (Å²) in [6.45, 7) is 2.31. The number of nitrogens with one attached hydrogen (secondary N) is 2. The van der Waals surface area contributed by atoms with Gasteiger partial charge in [-0.1, -0.05) is 24.3 Å². The highest BCUT2D eigenvalue weighted by atomic mass is 19.3. The van der Waals surface area contributed by atoms with Crippen molar-refractivity contribution in [2.24, 2.45) is 0 Å². The van der Waals surface area contributed by atoms with Gasteiger partial charge in [-0.25, -0.2) is 9.18 Å². The Bertz CT molecular complexity index is 1330. The minimum atomic E-state index is -3.31. The summed E-state index contributed by atoms with van der Waals surface area (Å²) in [5.41, 5.74) is 5.56. The van der Waals surface area contributed by atoms with Crippen molar-refractivity contribution >= 4 is 23.5 Å². The number of carbonyl (C=O) groups excluding carboxylic acids is 3. The number of nitrogens with zero attached hydrogens (tertiary/aromatic N) is 4. The molecule has 4 rings (SSSR count). The second kappa shape index (κ2) is 12.4. The maximum absolute atomic E-state index is 15.2. The second-order valence-electron chi connectivity index (χ2n) is 9.00. The summed E-state index contributed by atoms with van der Waals surface area (Å²) < 4.78 is 39.8. The molecule has 12 heteroatoms. The number of pyridine rings is 1. The topological polar surface area (TPSA) is 97.9 Å². The Morgan fingerprint density at radius 3 is 2.38 bits per heavy atom. The lowest BCUT2D eigenvalue weighted by Gasteiger charge is -2.36. The number of hydrazine groups is 1. The van der Waals surface area contributed by atoms with Gasteiger partial charge in [0.25, 0.3) is 5.91 Å². The highest BCUT2D eigenvalue weighted by molar-refractivity contribution is 5.96. The van der Waals surface area contributed by atoms with Crippen LogP contribution in [0.15, 0.2) is 67.0 Å². The van der Waals surface area contributed by atoms with Crippen LogP contribution in [-0.4, -0.2) is 72.3 Å². The number of urea groups is 1. The predicted molar refractivity (Wildman–Crippen MR) is 138 cm³/mol. The largest absolute Gasteiger partial charge is 0.324 e. The maximum Gasteiger partial charge on any atom is 0.324 e. The Morgan fingerprint density at radius 1 is 0.974 bits per heavy atom. The number of amides is 4. The Balaban J connectivity index is 1.60. The second-order valence-corrected chi connectivity index (χ2v) is 9.00. The molecule has 2 aromatic carbocycles. The third-order valence-corrected chi connectivity index (χ3v) is 6.30. The van der Waals surface area contributed by atoms with Gasteiger partial charge in [-0.15, -0.1) is 0 Å². The van der Waals surface area contributed by atoms with Crippen LogP contribution in [0.2, 0.25) is 0 Å².